The van der Waals surface area contributed by atoms with Gasteiger partial charge in [-0.25, -0.2) is 4.79 Å². The van der Waals surface area contributed by atoms with E-state index < -0.39 is 24.4 Å². The minimum Gasteiger partial charge on any atom is -0.481 e. The van der Waals surface area contributed by atoms with Gasteiger partial charge in [-0.3, -0.25) is 4.79 Å². The summed E-state index contributed by atoms with van der Waals surface area (Å²) in [6, 6.07) is 4.56. The van der Waals surface area contributed by atoms with Crippen LogP contribution in [0, 0.1) is 6.92 Å². The standard InChI is InChI=1S/C14H19NO4/c1-8(2)10-6-4-5-9(3)13(10)15-11(14(18)19)7-12(16)17/h4-6,8,11,15H,7H2,1-3H3,(H,16,17)(H,18,19). The van der Waals surface area contributed by atoms with Gasteiger partial charge in [0.15, 0.2) is 0 Å². The van der Waals surface area contributed by atoms with Gasteiger partial charge in [0.05, 0.1) is 6.42 Å². The second-order valence-electron chi connectivity index (χ2n) is 4.83. The van der Waals surface area contributed by atoms with E-state index in [1.54, 1.807) is 0 Å². The molecule has 104 valence electrons. The lowest BCUT2D eigenvalue weighted by Crippen LogP contribution is -2.32. The predicted molar refractivity (Wildman–Crippen MR) is 72.6 cm³/mol. The highest BCUT2D eigenvalue weighted by Crippen LogP contribution is 2.28. The summed E-state index contributed by atoms with van der Waals surface area (Å²) in [7, 11) is 0. The van der Waals surface area contributed by atoms with Gasteiger partial charge in [-0.15, -0.1) is 0 Å². The first kappa shape index (κ1) is 15.0. The van der Waals surface area contributed by atoms with Crippen LogP contribution in [0.3, 0.4) is 0 Å². The van der Waals surface area contributed by atoms with Crippen molar-refractivity contribution in [3.8, 4) is 0 Å². The fraction of sp³-hybridized carbons (Fsp3) is 0.429. The third-order valence-electron chi connectivity index (χ3n) is 2.92. The van der Waals surface area contributed by atoms with Crippen LogP contribution >= 0.6 is 0 Å². The Hall–Kier alpha value is -2.04. The first-order valence-corrected chi connectivity index (χ1v) is 6.13. The lowest BCUT2D eigenvalue weighted by Gasteiger charge is -2.20. The largest absolute Gasteiger partial charge is 0.481 e. The summed E-state index contributed by atoms with van der Waals surface area (Å²) in [5, 5.41) is 20.7. The van der Waals surface area contributed by atoms with E-state index in [0.717, 1.165) is 11.1 Å². The van der Waals surface area contributed by atoms with Crippen LogP contribution in [0.25, 0.3) is 0 Å². The summed E-state index contributed by atoms with van der Waals surface area (Å²) in [5.41, 5.74) is 2.60. The molecule has 0 amide bonds. The number of aryl methyl sites for hydroxylation is 1. The SMILES string of the molecule is Cc1cccc(C(C)C)c1NC(CC(=O)O)C(=O)O. The monoisotopic (exact) mass is 265 g/mol. The summed E-state index contributed by atoms with van der Waals surface area (Å²) < 4.78 is 0. The third kappa shape index (κ3) is 3.98. The quantitative estimate of drug-likeness (QED) is 0.735. The Morgan fingerprint density at radius 2 is 1.89 bits per heavy atom. The van der Waals surface area contributed by atoms with Crippen molar-refractivity contribution in [1.82, 2.24) is 0 Å². The summed E-state index contributed by atoms with van der Waals surface area (Å²) in [6.45, 7) is 5.88. The zero-order chi connectivity index (χ0) is 14.6. The van der Waals surface area contributed by atoms with Crippen molar-refractivity contribution in [1.29, 1.82) is 0 Å². The molecule has 0 radical (unpaired) electrons. The van der Waals surface area contributed by atoms with Crippen molar-refractivity contribution in [3.63, 3.8) is 0 Å². The average molecular weight is 265 g/mol. The normalized spacial score (nSPS) is 12.2. The van der Waals surface area contributed by atoms with Crippen LogP contribution < -0.4 is 5.32 Å². The Bertz CT molecular complexity index is 482. The highest BCUT2D eigenvalue weighted by atomic mass is 16.4. The first-order chi connectivity index (χ1) is 8.82. The predicted octanol–water partition coefficient (Wildman–Crippen LogP) is 2.46. The first-order valence-electron chi connectivity index (χ1n) is 6.13. The molecule has 0 aliphatic carbocycles. The lowest BCUT2D eigenvalue weighted by molar-refractivity contribution is -0.144. The molecule has 0 aliphatic rings. The fourth-order valence-corrected chi connectivity index (χ4v) is 1.92. The second-order valence-corrected chi connectivity index (χ2v) is 4.83. The number of hydrogen-bond donors (Lipinski definition) is 3. The molecule has 0 saturated carbocycles. The second kappa shape index (κ2) is 6.22. The van der Waals surface area contributed by atoms with Crippen molar-refractivity contribution in [2.24, 2.45) is 0 Å². The zero-order valence-electron chi connectivity index (χ0n) is 11.3. The minimum absolute atomic E-state index is 0.224. The van der Waals surface area contributed by atoms with Crippen LogP contribution in [0.2, 0.25) is 0 Å². The Morgan fingerprint density at radius 3 is 2.37 bits per heavy atom. The van der Waals surface area contributed by atoms with E-state index in [2.05, 4.69) is 5.32 Å². The number of anilines is 1. The molecule has 0 heterocycles. The maximum atomic E-state index is 11.1. The van der Waals surface area contributed by atoms with E-state index in [1.165, 1.54) is 0 Å². The van der Waals surface area contributed by atoms with E-state index in [-0.39, 0.29) is 5.92 Å². The van der Waals surface area contributed by atoms with Gasteiger partial charge >= 0.3 is 11.9 Å². The molecule has 0 fully saturated rings. The number of carboxylic acid groups (broad SMARTS) is 2. The number of carbonyl (C=O) groups is 2. The molecule has 0 bridgehead atoms. The lowest BCUT2D eigenvalue weighted by atomic mass is 9.97. The van der Waals surface area contributed by atoms with Crippen LogP contribution in [-0.4, -0.2) is 28.2 Å². The minimum atomic E-state index is -1.17. The number of nitrogens with one attached hydrogen (secondary N) is 1. The van der Waals surface area contributed by atoms with E-state index in [4.69, 9.17) is 10.2 Å². The van der Waals surface area contributed by atoms with E-state index in [9.17, 15) is 9.59 Å². The molecule has 19 heavy (non-hydrogen) atoms. The van der Waals surface area contributed by atoms with Crippen molar-refractivity contribution in [2.45, 2.75) is 39.2 Å². The van der Waals surface area contributed by atoms with Gasteiger partial charge in [0.2, 0.25) is 0 Å². The number of benzene rings is 1. The molecule has 1 unspecified atom stereocenters. The Kier molecular flexibility index (Phi) is 4.92. The molecule has 3 N–H and O–H groups in total. The van der Waals surface area contributed by atoms with Gasteiger partial charge in [-0.2, -0.15) is 0 Å². The Balaban J connectivity index is 3.08. The maximum Gasteiger partial charge on any atom is 0.326 e. The van der Waals surface area contributed by atoms with Crippen molar-refractivity contribution in [3.05, 3.63) is 29.3 Å². The summed E-state index contributed by atoms with van der Waals surface area (Å²) in [5.74, 6) is -2.08. The van der Waals surface area contributed by atoms with E-state index in [1.807, 2.05) is 39.0 Å². The average Bonchev–Trinajstić information content (AvgIpc) is 2.29. The van der Waals surface area contributed by atoms with Gasteiger partial charge in [0.1, 0.15) is 6.04 Å². The molecule has 5 nitrogen and oxygen atoms in total. The molecule has 0 aliphatic heterocycles. The summed E-state index contributed by atoms with van der Waals surface area (Å²) in [6.07, 6.45) is -0.457. The number of hydrogen-bond acceptors (Lipinski definition) is 3. The fourth-order valence-electron chi connectivity index (χ4n) is 1.92. The molecule has 1 rings (SSSR count). The number of rotatable bonds is 6. The Morgan fingerprint density at radius 1 is 1.26 bits per heavy atom. The molecule has 1 aromatic rings. The van der Waals surface area contributed by atoms with Crippen LogP contribution in [0.5, 0.6) is 0 Å². The molecular formula is C14H19NO4. The molecule has 1 aromatic carbocycles. The van der Waals surface area contributed by atoms with Crippen LogP contribution in [0.1, 0.15) is 37.3 Å². The number of para-hydroxylation sites is 1. The number of carboxylic acids is 2. The van der Waals surface area contributed by atoms with Gasteiger partial charge < -0.3 is 15.5 Å². The summed E-state index contributed by atoms with van der Waals surface area (Å²) >= 11 is 0. The summed E-state index contributed by atoms with van der Waals surface area (Å²) in [4.78, 5) is 21.8. The third-order valence-corrected chi connectivity index (χ3v) is 2.92. The van der Waals surface area contributed by atoms with Gasteiger partial charge in [-0.1, -0.05) is 32.0 Å². The van der Waals surface area contributed by atoms with Gasteiger partial charge in [0.25, 0.3) is 0 Å². The molecule has 0 aromatic heterocycles. The molecule has 5 heteroatoms. The van der Waals surface area contributed by atoms with E-state index in [0.29, 0.717) is 5.69 Å². The van der Waals surface area contributed by atoms with Gasteiger partial charge in [0, 0.05) is 5.69 Å². The zero-order valence-corrected chi connectivity index (χ0v) is 11.3. The van der Waals surface area contributed by atoms with Crippen LogP contribution in [0.4, 0.5) is 5.69 Å². The number of aliphatic carboxylic acids is 2. The van der Waals surface area contributed by atoms with Crippen molar-refractivity contribution in [2.75, 3.05) is 5.32 Å². The maximum absolute atomic E-state index is 11.1. The molecular weight excluding hydrogens is 246 g/mol. The Labute approximate surface area is 112 Å². The van der Waals surface area contributed by atoms with E-state index >= 15 is 0 Å². The van der Waals surface area contributed by atoms with Gasteiger partial charge in [-0.05, 0) is 24.0 Å². The topological polar surface area (TPSA) is 86.6 Å². The molecule has 1 atom stereocenters. The van der Waals surface area contributed by atoms with Crippen LogP contribution in [0.15, 0.2) is 18.2 Å². The van der Waals surface area contributed by atoms with Crippen molar-refractivity contribution < 1.29 is 19.8 Å². The molecule has 0 spiro atoms. The van der Waals surface area contributed by atoms with Crippen LogP contribution in [-0.2, 0) is 9.59 Å². The highest BCUT2D eigenvalue weighted by Gasteiger charge is 2.22. The highest BCUT2D eigenvalue weighted by molar-refractivity contribution is 5.84. The smallest absolute Gasteiger partial charge is 0.326 e. The molecule has 0 saturated heterocycles. The van der Waals surface area contributed by atoms with Crippen molar-refractivity contribution >= 4 is 17.6 Å².